The molecule has 0 aliphatic carbocycles. The highest BCUT2D eigenvalue weighted by atomic mass is 32.1. The third-order valence-electron chi connectivity index (χ3n) is 4.03. The minimum atomic E-state index is -0.821. The molecule has 2 aromatic rings. The molecular weight excluding hydrogens is 312 g/mol. The Morgan fingerprint density at radius 1 is 1.39 bits per heavy atom. The van der Waals surface area contributed by atoms with Crippen LogP contribution in [-0.4, -0.2) is 65.0 Å². The number of thiophene rings is 1. The number of aliphatic hydroxyl groups is 1. The number of hydrogen-bond acceptors (Lipinski definition) is 7. The topological polar surface area (TPSA) is 70.5 Å². The highest BCUT2D eigenvalue weighted by Gasteiger charge is 2.25. The van der Waals surface area contributed by atoms with Gasteiger partial charge in [-0.1, -0.05) is 6.92 Å². The predicted octanol–water partition coefficient (Wildman–Crippen LogP) is 1.75. The second kappa shape index (κ2) is 7.09. The Morgan fingerprint density at radius 3 is 2.91 bits per heavy atom. The molecule has 0 radical (unpaired) electrons. The van der Waals surface area contributed by atoms with Crippen molar-refractivity contribution >= 4 is 27.4 Å². The van der Waals surface area contributed by atoms with Gasteiger partial charge in [0.15, 0.2) is 0 Å². The van der Waals surface area contributed by atoms with Crippen molar-refractivity contribution in [3.63, 3.8) is 0 Å². The fourth-order valence-electron chi connectivity index (χ4n) is 2.79. The van der Waals surface area contributed by atoms with Crippen LogP contribution in [0, 0.1) is 0 Å². The lowest BCUT2D eigenvalue weighted by atomic mass is 10.1. The van der Waals surface area contributed by atoms with Gasteiger partial charge in [0.05, 0.1) is 24.2 Å². The van der Waals surface area contributed by atoms with Crippen LogP contribution in [0.3, 0.4) is 0 Å². The van der Waals surface area contributed by atoms with Crippen molar-refractivity contribution in [3.05, 3.63) is 17.3 Å². The normalized spacial score (nSPS) is 18.9. The van der Waals surface area contributed by atoms with Crippen LogP contribution in [0.4, 0.5) is 5.82 Å². The number of hydrogen-bond donors (Lipinski definition) is 2. The Labute approximate surface area is 140 Å². The van der Waals surface area contributed by atoms with Crippen molar-refractivity contribution in [2.75, 3.05) is 44.7 Å². The maximum Gasteiger partial charge on any atom is 0.138 e. The zero-order chi connectivity index (χ0) is 16.3. The molecular formula is C16H24N4O2S. The Kier molecular flexibility index (Phi) is 5.11. The zero-order valence-electron chi connectivity index (χ0n) is 13.7. The summed E-state index contributed by atoms with van der Waals surface area (Å²) in [6.45, 7) is 8.30. The molecule has 1 fully saturated rings. The summed E-state index contributed by atoms with van der Waals surface area (Å²) in [6, 6.07) is 2.14. The highest BCUT2D eigenvalue weighted by Crippen LogP contribution is 2.28. The van der Waals surface area contributed by atoms with E-state index >= 15 is 0 Å². The molecule has 1 aliphatic rings. The Balaban J connectivity index is 1.65. The molecule has 23 heavy (non-hydrogen) atoms. The SMILES string of the molecule is CCc1cc2c(NCC(C)(O)CN3CCOCC3)ncnc2s1. The van der Waals surface area contributed by atoms with Crippen molar-refractivity contribution < 1.29 is 9.84 Å². The van der Waals surface area contributed by atoms with Gasteiger partial charge in [0, 0.05) is 31.1 Å². The quantitative estimate of drug-likeness (QED) is 0.837. The number of rotatable bonds is 6. The predicted molar refractivity (Wildman–Crippen MR) is 93.2 cm³/mol. The van der Waals surface area contributed by atoms with E-state index in [2.05, 4.69) is 33.2 Å². The average molecular weight is 336 g/mol. The second-order valence-electron chi connectivity index (χ2n) is 6.25. The molecule has 1 unspecified atom stereocenters. The van der Waals surface area contributed by atoms with Crippen LogP contribution >= 0.6 is 11.3 Å². The van der Waals surface area contributed by atoms with Gasteiger partial charge in [0.25, 0.3) is 0 Å². The fraction of sp³-hybridized carbons (Fsp3) is 0.625. The summed E-state index contributed by atoms with van der Waals surface area (Å²) in [4.78, 5) is 13.2. The van der Waals surface area contributed by atoms with Crippen molar-refractivity contribution in [1.82, 2.24) is 14.9 Å². The number of fused-ring (bicyclic) bond motifs is 1. The Morgan fingerprint density at radius 2 is 2.17 bits per heavy atom. The van der Waals surface area contributed by atoms with E-state index in [0.717, 1.165) is 48.8 Å². The van der Waals surface area contributed by atoms with E-state index in [1.165, 1.54) is 4.88 Å². The molecule has 2 N–H and O–H groups in total. The minimum absolute atomic E-state index is 0.452. The summed E-state index contributed by atoms with van der Waals surface area (Å²) in [6.07, 6.45) is 2.58. The molecule has 6 nitrogen and oxygen atoms in total. The van der Waals surface area contributed by atoms with Gasteiger partial charge < -0.3 is 15.2 Å². The molecule has 0 saturated carbocycles. The van der Waals surface area contributed by atoms with E-state index in [4.69, 9.17) is 4.74 Å². The number of aromatic nitrogens is 2. The van der Waals surface area contributed by atoms with Gasteiger partial charge in [0.2, 0.25) is 0 Å². The Hall–Kier alpha value is -1.28. The van der Waals surface area contributed by atoms with E-state index in [9.17, 15) is 5.11 Å². The number of β-amino-alcohol motifs (C(OH)–C–C–N with tert-alkyl or cyclic N) is 1. The number of anilines is 1. The van der Waals surface area contributed by atoms with Crippen molar-refractivity contribution in [2.24, 2.45) is 0 Å². The maximum atomic E-state index is 10.7. The van der Waals surface area contributed by atoms with Crippen molar-refractivity contribution in [2.45, 2.75) is 25.9 Å². The van der Waals surface area contributed by atoms with Gasteiger partial charge in [-0.3, -0.25) is 4.90 Å². The lowest BCUT2D eigenvalue weighted by molar-refractivity contribution is -0.0163. The second-order valence-corrected chi connectivity index (χ2v) is 7.36. The first kappa shape index (κ1) is 16.6. The van der Waals surface area contributed by atoms with Crippen LogP contribution in [0.1, 0.15) is 18.7 Å². The molecule has 1 atom stereocenters. The molecule has 3 heterocycles. The van der Waals surface area contributed by atoms with E-state index in [-0.39, 0.29) is 0 Å². The van der Waals surface area contributed by atoms with Gasteiger partial charge in [-0.05, 0) is 19.4 Å². The summed E-state index contributed by atoms with van der Waals surface area (Å²) in [7, 11) is 0. The molecule has 1 saturated heterocycles. The smallest absolute Gasteiger partial charge is 0.138 e. The van der Waals surface area contributed by atoms with Crippen LogP contribution in [0.5, 0.6) is 0 Å². The van der Waals surface area contributed by atoms with E-state index < -0.39 is 5.60 Å². The molecule has 7 heteroatoms. The maximum absolute atomic E-state index is 10.7. The lowest BCUT2D eigenvalue weighted by Crippen LogP contribution is -2.49. The molecule has 126 valence electrons. The number of ether oxygens (including phenoxy) is 1. The van der Waals surface area contributed by atoms with Crippen LogP contribution in [-0.2, 0) is 11.2 Å². The molecule has 0 amide bonds. The van der Waals surface area contributed by atoms with E-state index in [1.807, 2.05) is 6.92 Å². The fourth-order valence-corrected chi connectivity index (χ4v) is 3.73. The monoisotopic (exact) mass is 336 g/mol. The van der Waals surface area contributed by atoms with Crippen LogP contribution in [0.25, 0.3) is 10.2 Å². The van der Waals surface area contributed by atoms with E-state index in [0.29, 0.717) is 13.1 Å². The largest absolute Gasteiger partial charge is 0.387 e. The van der Waals surface area contributed by atoms with Gasteiger partial charge in [-0.2, -0.15) is 0 Å². The average Bonchev–Trinajstić information content (AvgIpc) is 2.97. The van der Waals surface area contributed by atoms with Crippen molar-refractivity contribution in [1.29, 1.82) is 0 Å². The zero-order valence-corrected chi connectivity index (χ0v) is 14.5. The molecule has 0 aromatic carbocycles. The molecule has 0 spiro atoms. The first-order valence-corrected chi connectivity index (χ1v) is 8.89. The summed E-state index contributed by atoms with van der Waals surface area (Å²) in [5.74, 6) is 0.799. The number of nitrogens with zero attached hydrogens (tertiary/aromatic N) is 3. The van der Waals surface area contributed by atoms with Gasteiger partial charge in [-0.25, -0.2) is 9.97 Å². The van der Waals surface area contributed by atoms with Gasteiger partial charge >= 0.3 is 0 Å². The first-order valence-electron chi connectivity index (χ1n) is 8.07. The van der Waals surface area contributed by atoms with Crippen LogP contribution < -0.4 is 5.32 Å². The first-order chi connectivity index (χ1) is 11.1. The molecule has 1 aliphatic heterocycles. The number of morpholine rings is 1. The van der Waals surface area contributed by atoms with Gasteiger partial charge in [0.1, 0.15) is 17.0 Å². The minimum Gasteiger partial charge on any atom is -0.387 e. The van der Waals surface area contributed by atoms with E-state index in [1.54, 1.807) is 17.7 Å². The molecule has 3 rings (SSSR count). The summed E-state index contributed by atoms with van der Waals surface area (Å²) < 4.78 is 5.35. The molecule has 2 aromatic heterocycles. The lowest BCUT2D eigenvalue weighted by Gasteiger charge is -2.34. The summed E-state index contributed by atoms with van der Waals surface area (Å²) in [5.41, 5.74) is -0.821. The summed E-state index contributed by atoms with van der Waals surface area (Å²) >= 11 is 1.70. The van der Waals surface area contributed by atoms with Crippen molar-refractivity contribution in [3.8, 4) is 0 Å². The third-order valence-corrected chi connectivity index (χ3v) is 5.22. The Bertz CT molecular complexity index is 653. The standard InChI is InChI=1S/C16H24N4O2S/c1-3-12-8-13-14(18-11-19-15(13)23-12)17-9-16(2,21)10-20-4-6-22-7-5-20/h8,11,21H,3-7,9-10H2,1-2H3,(H,17,18,19). The summed E-state index contributed by atoms with van der Waals surface area (Å²) in [5, 5.41) is 15.0. The van der Waals surface area contributed by atoms with Crippen LogP contribution in [0.15, 0.2) is 12.4 Å². The number of nitrogens with one attached hydrogen (secondary N) is 1. The van der Waals surface area contributed by atoms with Crippen LogP contribution in [0.2, 0.25) is 0 Å². The molecule has 0 bridgehead atoms. The van der Waals surface area contributed by atoms with Gasteiger partial charge in [-0.15, -0.1) is 11.3 Å². The number of aryl methyl sites for hydroxylation is 1. The third kappa shape index (κ3) is 4.17. The highest BCUT2D eigenvalue weighted by molar-refractivity contribution is 7.18.